The molecule has 0 bridgehead atoms. The van der Waals surface area contributed by atoms with Crippen LogP contribution in [0.25, 0.3) is 0 Å². The molecular formula is C16H23N2O3Y-. The third kappa shape index (κ3) is 5.86. The van der Waals surface area contributed by atoms with Crippen LogP contribution in [0.5, 0.6) is 5.75 Å². The second kappa shape index (κ2) is 8.27. The number of carbonyl (C=O) groups is 1. The van der Waals surface area contributed by atoms with E-state index in [0.29, 0.717) is 19.6 Å². The van der Waals surface area contributed by atoms with E-state index in [4.69, 9.17) is 4.74 Å². The Bertz CT molecular complexity index is 494. The number of hydrogen-bond donors (Lipinski definition) is 1. The van der Waals surface area contributed by atoms with Crippen LogP contribution in [0.1, 0.15) is 26.3 Å². The Labute approximate surface area is 157 Å². The second-order valence-corrected chi connectivity index (χ2v) is 6.28. The van der Waals surface area contributed by atoms with E-state index < -0.39 is 5.60 Å². The van der Waals surface area contributed by atoms with E-state index in [1.165, 1.54) is 0 Å². The van der Waals surface area contributed by atoms with E-state index in [0.717, 1.165) is 18.7 Å². The van der Waals surface area contributed by atoms with Crippen LogP contribution in [0.4, 0.5) is 4.79 Å². The van der Waals surface area contributed by atoms with E-state index in [2.05, 4.69) is 11.0 Å². The Balaban J connectivity index is 0.00000242. The molecule has 0 saturated carbocycles. The Hall–Kier alpha value is -0.646. The van der Waals surface area contributed by atoms with Gasteiger partial charge in [-0.15, -0.1) is 11.6 Å². The smallest absolute Gasteiger partial charge is 0.410 e. The van der Waals surface area contributed by atoms with Crippen molar-refractivity contribution in [2.75, 3.05) is 26.2 Å². The topological polar surface area (TPSA) is 53.0 Å². The summed E-state index contributed by atoms with van der Waals surface area (Å²) < 4.78 is 5.37. The number of nitrogens with zero attached hydrogens (tertiary/aromatic N) is 2. The monoisotopic (exact) mass is 380 g/mol. The van der Waals surface area contributed by atoms with Crippen LogP contribution in [-0.2, 0) is 44.0 Å². The molecule has 22 heavy (non-hydrogen) atoms. The first-order chi connectivity index (χ1) is 9.85. The van der Waals surface area contributed by atoms with E-state index >= 15 is 0 Å². The number of carbonyl (C=O) groups excluding carboxylic acids is 1. The maximum Gasteiger partial charge on any atom is 0.410 e. The normalized spacial score (nSPS) is 16.0. The predicted molar refractivity (Wildman–Crippen MR) is 80.0 cm³/mol. The average molecular weight is 380 g/mol. The van der Waals surface area contributed by atoms with Crippen molar-refractivity contribution in [1.29, 1.82) is 0 Å². The molecular weight excluding hydrogens is 357 g/mol. The third-order valence-corrected chi connectivity index (χ3v) is 3.32. The number of rotatable bonds is 2. The summed E-state index contributed by atoms with van der Waals surface area (Å²) >= 11 is 0. The molecule has 6 heteroatoms. The van der Waals surface area contributed by atoms with Gasteiger partial charge in [0.25, 0.3) is 0 Å². The second-order valence-electron chi connectivity index (χ2n) is 6.28. The Kier molecular flexibility index (Phi) is 7.30. The molecule has 0 unspecified atom stereocenters. The zero-order valence-corrected chi connectivity index (χ0v) is 16.3. The first-order valence-electron chi connectivity index (χ1n) is 7.24. The van der Waals surface area contributed by atoms with Gasteiger partial charge in [-0.1, -0.05) is 0 Å². The zero-order valence-electron chi connectivity index (χ0n) is 13.5. The van der Waals surface area contributed by atoms with Crippen LogP contribution >= 0.6 is 0 Å². The quantitative estimate of drug-likeness (QED) is 0.800. The van der Waals surface area contributed by atoms with Gasteiger partial charge < -0.3 is 14.7 Å². The first-order valence-corrected chi connectivity index (χ1v) is 7.24. The van der Waals surface area contributed by atoms with Crippen LogP contribution in [-0.4, -0.2) is 52.8 Å². The fraction of sp³-hybridized carbons (Fsp3) is 0.562. The fourth-order valence-electron chi connectivity index (χ4n) is 2.23. The summed E-state index contributed by atoms with van der Waals surface area (Å²) in [5.41, 5.74) is 0.335. The van der Waals surface area contributed by atoms with Crippen molar-refractivity contribution in [3.63, 3.8) is 0 Å². The molecule has 1 heterocycles. The molecule has 1 amide bonds. The van der Waals surface area contributed by atoms with Gasteiger partial charge in [0.2, 0.25) is 0 Å². The summed E-state index contributed by atoms with van der Waals surface area (Å²) in [6.45, 7) is 9.07. The molecule has 0 aromatic heterocycles. The number of benzene rings is 1. The first kappa shape index (κ1) is 19.4. The van der Waals surface area contributed by atoms with Gasteiger partial charge in [0, 0.05) is 71.2 Å². The molecule has 0 aliphatic carbocycles. The van der Waals surface area contributed by atoms with Gasteiger partial charge in [-0.3, -0.25) is 4.90 Å². The van der Waals surface area contributed by atoms with Crippen LogP contribution in [0.2, 0.25) is 0 Å². The number of amides is 1. The van der Waals surface area contributed by atoms with Gasteiger partial charge in [0.05, 0.1) is 0 Å². The SMILES string of the molecule is CC(C)(C)OC(=O)N1CCN(Cc2[c-]cccc2O)CC1.[Y]. The van der Waals surface area contributed by atoms with Gasteiger partial charge in [-0.2, -0.15) is 18.2 Å². The molecule has 119 valence electrons. The van der Waals surface area contributed by atoms with Gasteiger partial charge in [0.15, 0.2) is 0 Å². The molecule has 1 aliphatic heterocycles. The Morgan fingerprint density at radius 1 is 1.32 bits per heavy atom. The van der Waals surface area contributed by atoms with Crippen LogP contribution in [0.3, 0.4) is 0 Å². The minimum Gasteiger partial charge on any atom is -0.565 e. The average Bonchev–Trinajstić information content (AvgIpc) is 2.40. The van der Waals surface area contributed by atoms with E-state index in [1.54, 1.807) is 23.1 Å². The Morgan fingerprint density at radius 3 is 2.50 bits per heavy atom. The molecule has 1 aliphatic rings. The number of aromatic hydroxyl groups is 1. The van der Waals surface area contributed by atoms with Crippen molar-refractivity contribution in [3.05, 3.63) is 29.8 Å². The number of ether oxygens (including phenoxy) is 1. The third-order valence-electron chi connectivity index (χ3n) is 3.32. The molecule has 5 nitrogen and oxygen atoms in total. The van der Waals surface area contributed by atoms with E-state index in [9.17, 15) is 9.90 Å². The van der Waals surface area contributed by atoms with E-state index in [1.807, 2.05) is 20.8 Å². The molecule has 1 N–H and O–H groups in total. The van der Waals surface area contributed by atoms with Crippen molar-refractivity contribution in [2.24, 2.45) is 0 Å². The number of piperazine rings is 1. The molecule has 1 aromatic rings. The Morgan fingerprint density at radius 2 is 1.95 bits per heavy atom. The zero-order chi connectivity index (χ0) is 15.5. The molecule has 1 saturated heterocycles. The van der Waals surface area contributed by atoms with Crippen LogP contribution in [0, 0.1) is 6.07 Å². The summed E-state index contributed by atoms with van der Waals surface area (Å²) in [6.07, 6.45) is -0.253. The van der Waals surface area contributed by atoms with Crippen molar-refractivity contribution >= 4 is 6.09 Å². The number of phenolic OH excluding ortho intramolecular Hbond substituents is 1. The molecule has 1 aromatic carbocycles. The summed E-state index contributed by atoms with van der Waals surface area (Å²) in [4.78, 5) is 15.9. The molecule has 1 radical (unpaired) electrons. The molecule has 1 fully saturated rings. The predicted octanol–water partition coefficient (Wildman–Crippen LogP) is 2.24. The number of phenols is 1. The van der Waals surface area contributed by atoms with Crippen LogP contribution < -0.4 is 0 Å². The van der Waals surface area contributed by atoms with Gasteiger partial charge in [0.1, 0.15) is 5.60 Å². The minimum atomic E-state index is -0.459. The van der Waals surface area contributed by atoms with Crippen molar-refractivity contribution in [1.82, 2.24) is 9.80 Å². The largest absolute Gasteiger partial charge is 0.565 e. The summed E-state index contributed by atoms with van der Waals surface area (Å²) in [7, 11) is 0. The van der Waals surface area contributed by atoms with Gasteiger partial charge in [-0.25, -0.2) is 4.79 Å². The summed E-state index contributed by atoms with van der Waals surface area (Å²) in [6, 6.07) is 8.28. The van der Waals surface area contributed by atoms with Crippen molar-refractivity contribution in [2.45, 2.75) is 32.9 Å². The van der Waals surface area contributed by atoms with Crippen LogP contribution in [0.15, 0.2) is 18.2 Å². The fourth-order valence-corrected chi connectivity index (χ4v) is 2.23. The van der Waals surface area contributed by atoms with Gasteiger partial charge >= 0.3 is 6.09 Å². The summed E-state index contributed by atoms with van der Waals surface area (Å²) in [5, 5.41) is 9.77. The number of hydrogen-bond acceptors (Lipinski definition) is 4. The van der Waals surface area contributed by atoms with E-state index in [-0.39, 0.29) is 44.6 Å². The maximum absolute atomic E-state index is 12.0. The summed E-state index contributed by atoms with van der Waals surface area (Å²) in [5.74, 6) is 0.270. The van der Waals surface area contributed by atoms with Gasteiger partial charge in [-0.05, 0) is 20.8 Å². The molecule has 2 rings (SSSR count). The molecule has 0 spiro atoms. The van der Waals surface area contributed by atoms with Crippen molar-refractivity contribution in [3.8, 4) is 5.75 Å². The maximum atomic E-state index is 12.0. The van der Waals surface area contributed by atoms with Crippen molar-refractivity contribution < 1.29 is 47.3 Å². The molecule has 0 atom stereocenters. The standard InChI is InChI=1S/C16H23N2O3.Y/c1-16(2,3)21-15(20)18-10-8-17(9-11-18)12-13-6-4-5-7-14(13)19;/h4-5,7,19H,8-12H2,1-3H3;/q-1;. The minimum absolute atomic E-state index is 0.